The molecule has 0 radical (unpaired) electrons. The van der Waals surface area contributed by atoms with Crippen LogP contribution in [0.5, 0.6) is 5.75 Å². The molecule has 0 aliphatic rings. The van der Waals surface area contributed by atoms with Crippen molar-refractivity contribution in [2.24, 2.45) is 7.05 Å². The highest BCUT2D eigenvalue weighted by Crippen LogP contribution is 2.32. The van der Waals surface area contributed by atoms with E-state index >= 15 is 0 Å². The quantitative estimate of drug-likeness (QED) is 0.823. The number of hydrogen-bond acceptors (Lipinski definition) is 5. The van der Waals surface area contributed by atoms with E-state index in [0.717, 1.165) is 10.6 Å². The van der Waals surface area contributed by atoms with E-state index in [-0.39, 0.29) is 24.7 Å². The molecule has 10 heteroatoms. The first-order valence-corrected chi connectivity index (χ1v) is 7.91. The number of alkyl halides is 3. The molecule has 0 saturated heterocycles. The van der Waals surface area contributed by atoms with Crippen molar-refractivity contribution in [2.45, 2.75) is 19.6 Å². The molecule has 2 rings (SSSR count). The standard InChI is InChI=1S/C17H18F3N3O4/c1-4-27-13-12(15(25)26)21-16(23(3)14(13)24)22(2)9-10-7-5-6-8-11(10)17(18,19)20/h5-8H,4,9H2,1-3H3,(H,25,26). The number of halogens is 3. The summed E-state index contributed by atoms with van der Waals surface area (Å²) in [5, 5.41) is 9.30. The van der Waals surface area contributed by atoms with Gasteiger partial charge in [0.2, 0.25) is 11.7 Å². The van der Waals surface area contributed by atoms with Gasteiger partial charge in [-0.3, -0.25) is 9.36 Å². The minimum atomic E-state index is -4.54. The molecule has 7 nitrogen and oxygen atoms in total. The van der Waals surface area contributed by atoms with Crippen LogP contribution in [0.15, 0.2) is 29.1 Å². The van der Waals surface area contributed by atoms with E-state index in [0.29, 0.717) is 0 Å². The second kappa shape index (κ2) is 7.68. The molecule has 0 aliphatic heterocycles. The molecule has 1 aromatic heterocycles. The normalized spacial score (nSPS) is 11.3. The maximum atomic E-state index is 13.2. The molecule has 27 heavy (non-hydrogen) atoms. The van der Waals surface area contributed by atoms with Gasteiger partial charge in [-0.1, -0.05) is 18.2 Å². The van der Waals surface area contributed by atoms with E-state index in [4.69, 9.17) is 4.74 Å². The maximum absolute atomic E-state index is 13.2. The Morgan fingerprint density at radius 1 is 1.33 bits per heavy atom. The Morgan fingerprint density at radius 3 is 2.52 bits per heavy atom. The van der Waals surface area contributed by atoms with E-state index in [9.17, 15) is 27.9 Å². The third-order valence-corrected chi connectivity index (χ3v) is 3.79. The number of carbonyl (C=O) groups is 1. The van der Waals surface area contributed by atoms with E-state index in [1.807, 2.05) is 0 Å². The predicted octanol–water partition coefficient (Wildman–Crippen LogP) is 2.53. The Kier molecular flexibility index (Phi) is 5.77. The van der Waals surface area contributed by atoms with Crippen molar-refractivity contribution in [3.05, 3.63) is 51.4 Å². The zero-order valence-corrected chi connectivity index (χ0v) is 14.9. The zero-order valence-electron chi connectivity index (χ0n) is 14.9. The van der Waals surface area contributed by atoms with Crippen molar-refractivity contribution in [1.82, 2.24) is 9.55 Å². The molecular weight excluding hydrogens is 367 g/mol. The van der Waals surface area contributed by atoms with Crippen molar-refractivity contribution < 1.29 is 27.8 Å². The van der Waals surface area contributed by atoms with E-state index in [2.05, 4.69) is 4.98 Å². The number of hydrogen-bond donors (Lipinski definition) is 1. The van der Waals surface area contributed by atoms with Crippen molar-refractivity contribution >= 4 is 11.9 Å². The lowest BCUT2D eigenvalue weighted by molar-refractivity contribution is -0.138. The first-order chi connectivity index (χ1) is 12.6. The summed E-state index contributed by atoms with van der Waals surface area (Å²) in [6, 6.07) is 5.01. The van der Waals surface area contributed by atoms with Gasteiger partial charge in [-0.25, -0.2) is 9.78 Å². The van der Waals surface area contributed by atoms with Gasteiger partial charge in [0.25, 0.3) is 5.56 Å². The third-order valence-electron chi connectivity index (χ3n) is 3.79. The highest BCUT2D eigenvalue weighted by Gasteiger charge is 2.33. The summed E-state index contributed by atoms with van der Waals surface area (Å²) in [7, 11) is 2.76. The lowest BCUT2D eigenvalue weighted by Crippen LogP contribution is -2.32. The van der Waals surface area contributed by atoms with Gasteiger partial charge in [0.15, 0.2) is 5.69 Å². The first kappa shape index (κ1) is 20.3. The SMILES string of the molecule is CCOc1c(C(=O)O)nc(N(C)Cc2ccccc2C(F)(F)F)n(C)c1=O. The molecule has 0 aliphatic carbocycles. The highest BCUT2D eigenvalue weighted by molar-refractivity contribution is 5.88. The van der Waals surface area contributed by atoms with Crippen molar-refractivity contribution in [1.29, 1.82) is 0 Å². The molecule has 1 N–H and O–H groups in total. The number of rotatable bonds is 6. The number of ether oxygens (including phenoxy) is 1. The molecule has 0 bridgehead atoms. The van der Waals surface area contributed by atoms with Crippen molar-refractivity contribution in [3.63, 3.8) is 0 Å². The van der Waals surface area contributed by atoms with E-state index in [1.165, 1.54) is 37.2 Å². The van der Waals surface area contributed by atoms with Gasteiger partial charge in [-0.15, -0.1) is 0 Å². The lowest BCUT2D eigenvalue weighted by Gasteiger charge is -2.23. The molecule has 0 spiro atoms. The van der Waals surface area contributed by atoms with Crippen LogP contribution in [0.2, 0.25) is 0 Å². The van der Waals surface area contributed by atoms with Crippen LogP contribution in [0.1, 0.15) is 28.5 Å². The van der Waals surface area contributed by atoms with Crippen LogP contribution in [0.25, 0.3) is 0 Å². The predicted molar refractivity (Wildman–Crippen MR) is 91.2 cm³/mol. The summed E-state index contributed by atoms with van der Waals surface area (Å²) in [4.78, 5) is 29.0. The second-order valence-electron chi connectivity index (χ2n) is 5.70. The smallest absolute Gasteiger partial charge is 0.416 e. The summed E-state index contributed by atoms with van der Waals surface area (Å²) in [6.45, 7) is 1.41. The number of anilines is 1. The van der Waals surface area contributed by atoms with E-state index in [1.54, 1.807) is 6.92 Å². The molecular formula is C17H18F3N3O4. The monoisotopic (exact) mass is 385 g/mol. The Labute approximate surface area is 152 Å². The van der Waals surface area contributed by atoms with Gasteiger partial charge in [-0.05, 0) is 18.6 Å². The summed E-state index contributed by atoms with van der Waals surface area (Å²) in [6.07, 6.45) is -4.54. The fourth-order valence-electron chi connectivity index (χ4n) is 2.59. The van der Waals surface area contributed by atoms with Crippen LogP contribution in [0.3, 0.4) is 0 Å². The summed E-state index contributed by atoms with van der Waals surface area (Å²) in [5.74, 6) is -1.99. The summed E-state index contributed by atoms with van der Waals surface area (Å²) < 4.78 is 45.6. The Hall–Kier alpha value is -3.04. The molecule has 0 atom stereocenters. The topological polar surface area (TPSA) is 84.7 Å². The van der Waals surface area contributed by atoms with Crippen LogP contribution in [-0.2, 0) is 19.8 Å². The first-order valence-electron chi connectivity index (χ1n) is 7.91. The third kappa shape index (κ3) is 4.21. The highest BCUT2D eigenvalue weighted by atomic mass is 19.4. The Bertz CT molecular complexity index is 909. The average molecular weight is 385 g/mol. The lowest BCUT2D eigenvalue weighted by atomic mass is 10.1. The number of benzene rings is 1. The molecule has 1 aromatic carbocycles. The van der Waals surface area contributed by atoms with Crippen molar-refractivity contribution in [2.75, 3.05) is 18.6 Å². The average Bonchev–Trinajstić information content (AvgIpc) is 2.58. The minimum absolute atomic E-state index is 0.0347. The number of carboxylic acid groups (broad SMARTS) is 1. The second-order valence-corrected chi connectivity index (χ2v) is 5.70. The Balaban J connectivity index is 2.51. The molecule has 2 aromatic rings. The van der Waals surface area contributed by atoms with Crippen LogP contribution in [0, 0.1) is 0 Å². The van der Waals surface area contributed by atoms with E-state index < -0.39 is 34.7 Å². The molecule has 0 saturated carbocycles. The van der Waals surface area contributed by atoms with Gasteiger partial charge in [0, 0.05) is 20.6 Å². The maximum Gasteiger partial charge on any atom is 0.416 e. The summed E-state index contributed by atoms with van der Waals surface area (Å²) in [5.41, 5.74) is -2.18. The van der Waals surface area contributed by atoms with Gasteiger partial charge in [0.05, 0.1) is 12.2 Å². The number of nitrogens with zero attached hydrogens (tertiary/aromatic N) is 3. The number of aromatic carboxylic acids is 1. The van der Waals surface area contributed by atoms with Gasteiger partial charge < -0.3 is 14.7 Å². The molecule has 1 heterocycles. The van der Waals surface area contributed by atoms with Gasteiger partial charge in [0.1, 0.15) is 0 Å². The summed E-state index contributed by atoms with van der Waals surface area (Å²) >= 11 is 0. The fourth-order valence-corrected chi connectivity index (χ4v) is 2.59. The molecule has 146 valence electrons. The molecule has 0 unspecified atom stereocenters. The Morgan fingerprint density at radius 2 is 1.96 bits per heavy atom. The van der Waals surface area contributed by atoms with Gasteiger partial charge >= 0.3 is 12.1 Å². The zero-order chi connectivity index (χ0) is 20.4. The molecule has 0 fully saturated rings. The van der Waals surface area contributed by atoms with Crippen LogP contribution < -0.4 is 15.2 Å². The van der Waals surface area contributed by atoms with Gasteiger partial charge in [-0.2, -0.15) is 13.2 Å². The minimum Gasteiger partial charge on any atom is -0.486 e. The number of aromatic nitrogens is 2. The van der Waals surface area contributed by atoms with Crippen molar-refractivity contribution in [3.8, 4) is 5.75 Å². The van der Waals surface area contributed by atoms with Crippen LogP contribution in [0.4, 0.5) is 19.1 Å². The molecule has 0 amide bonds. The largest absolute Gasteiger partial charge is 0.486 e. The van der Waals surface area contributed by atoms with Crippen LogP contribution >= 0.6 is 0 Å². The van der Waals surface area contributed by atoms with Crippen LogP contribution in [-0.4, -0.2) is 34.3 Å². The number of carboxylic acids is 1. The fraction of sp³-hybridized carbons (Fsp3) is 0.353.